The molecule has 0 aromatic heterocycles. The minimum atomic E-state index is -0.875. The van der Waals surface area contributed by atoms with Crippen molar-refractivity contribution in [2.45, 2.75) is 78.2 Å². The zero-order chi connectivity index (χ0) is 22.3. The SMILES string of the molecule is CCC(CCc1ccc(C(=O)O)c(C)c1)c1ccc(OCC(O)(CC)CC)c(C)c1. The van der Waals surface area contributed by atoms with Crippen LogP contribution < -0.4 is 4.74 Å². The van der Waals surface area contributed by atoms with Crippen LogP contribution >= 0.6 is 0 Å². The standard InChI is InChI=1S/C26H36O4/c1-6-21(11-9-20-10-13-23(25(27)28)18(4)15-20)22-12-14-24(19(5)16-22)30-17-26(29,7-2)8-3/h10,12-16,21,29H,6-9,11,17H2,1-5H3,(H,27,28). The smallest absolute Gasteiger partial charge is 0.335 e. The molecule has 0 fully saturated rings. The third-order valence-electron chi connectivity index (χ3n) is 6.28. The lowest BCUT2D eigenvalue weighted by Gasteiger charge is -2.26. The second-order valence-electron chi connectivity index (χ2n) is 8.34. The van der Waals surface area contributed by atoms with Gasteiger partial charge in [-0.1, -0.05) is 45.0 Å². The van der Waals surface area contributed by atoms with Gasteiger partial charge in [0.1, 0.15) is 12.4 Å². The van der Waals surface area contributed by atoms with Crippen LogP contribution in [0.15, 0.2) is 36.4 Å². The van der Waals surface area contributed by atoms with Gasteiger partial charge in [-0.3, -0.25) is 0 Å². The normalized spacial score (nSPS) is 12.6. The van der Waals surface area contributed by atoms with Crippen LogP contribution in [-0.2, 0) is 6.42 Å². The molecule has 1 unspecified atom stereocenters. The third kappa shape index (κ3) is 6.09. The molecule has 0 aliphatic rings. The van der Waals surface area contributed by atoms with Gasteiger partial charge in [0.25, 0.3) is 0 Å². The van der Waals surface area contributed by atoms with Crippen molar-refractivity contribution in [3.8, 4) is 5.75 Å². The number of carboxylic acids is 1. The second-order valence-corrected chi connectivity index (χ2v) is 8.34. The van der Waals surface area contributed by atoms with Crippen molar-refractivity contribution in [2.24, 2.45) is 0 Å². The molecule has 0 spiro atoms. The molecular formula is C26H36O4. The van der Waals surface area contributed by atoms with Crippen LogP contribution in [0.1, 0.15) is 85.0 Å². The Bertz CT molecular complexity index is 852. The van der Waals surface area contributed by atoms with Gasteiger partial charge in [0.2, 0.25) is 0 Å². The highest BCUT2D eigenvalue weighted by atomic mass is 16.5. The van der Waals surface area contributed by atoms with Gasteiger partial charge in [-0.2, -0.15) is 0 Å². The Morgan fingerprint density at radius 2 is 1.73 bits per heavy atom. The van der Waals surface area contributed by atoms with E-state index in [1.807, 2.05) is 39.0 Å². The fraction of sp³-hybridized carbons (Fsp3) is 0.500. The molecule has 2 aromatic rings. The van der Waals surface area contributed by atoms with Crippen molar-refractivity contribution in [1.29, 1.82) is 0 Å². The molecule has 164 valence electrons. The molecule has 4 heteroatoms. The van der Waals surface area contributed by atoms with Gasteiger partial charge in [0, 0.05) is 0 Å². The molecule has 2 rings (SSSR count). The van der Waals surface area contributed by atoms with Crippen LogP contribution in [-0.4, -0.2) is 28.4 Å². The highest BCUT2D eigenvalue weighted by molar-refractivity contribution is 5.89. The summed E-state index contributed by atoms with van der Waals surface area (Å²) in [4.78, 5) is 11.2. The predicted octanol–water partition coefficient (Wildman–Crippen LogP) is 6.06. The molecule has 0 saturated heterocycles. The summed E-state index contributed by atoms with van der Waals surface area (Å²) in [6.07, 6.45) is 4.30. The Morgan fingerprint density at radius 3 is 2.27 bits per heavy atom. The summed E-state index contributed by atoms with van der Waals surface area (Å²) in [6.45, 7) is 10.4. The van der Waals surface area contributed by atoms with Gasteiger partial charge in [-0.15, -0.1) is 0 Å². The van der Waals surface area contributed by atoms with E-state index in [4.69, 9.17) is 4.74 Å². The molecule has 30 heavy (non-hydrogen) atoms. The van der Waals surface area contributed by atoms with Gasteiger partial charge in [0.05, 0.1) is 11.2 Å². The molecule has 2 N–H and O–H groups in total. The molecule has 0 bridgehead atoms. The van der Waals surface area contributed by atoms with Crippen molar-refractivity contribution in [1.82, 2.24) is 0 Å². The van der Waals surface area contributed by atoms with Crippen LogP contribution in [0, 0.1) is 13.8 Å². The van der Waals surface area contributed by atoms with Gasteiger partial charge in [-0.05, 0) is 86.3 Å². The van der Waals surface area contributed by atoms with Gasteiger partial charge in [0.15, 0.2) is 0 Å². The van der Waals surface area contributed by atoms with E-state index in [0.717, 1.165) is 36.1 Å². The van der Waals surface area contributed by atoms with Crippen LogP contribution in [0.5, 0.6) is 5.75 Å². The zero-order valence-electron chi connectivity index (χ0n) is 19.0. The van der Waals surface area contributed by atoms with E-state index in [1.165, 1.54) is 11.1 Å². The van der Waals surface area contributed by atoms with Crippen molar-refractivity contribution in [3.63, 3.8) is 0 Å². The first-order chi connectivity index (χ1) is 14.2. The van der Waals surface area contributed by atoms with Gasteiger partial charge >= 0.3 is 5.97 Å². The number of ether oxygens (including phenoxy) is 1. The van der Waals surface area contributed by atoms with E-state index in [-0.39, 0.29) is 0 Å². The molecule has 0 amide bonds. The van der Waals surface area contributed by atoms with Crippen LogP contribution in [0.25, 0.3) is 0 Å². The van der Waals surface area contributed by atoms with Crippen molar-refractivity contribution in [3.05, 3.63) is 64.2 Å². The average Bonchev–Trinajstić information content (AvgIpc) is 2.73. The molecule has 1 atom stereocenters. The highest BCUT2D eigenvalue weighted by Gasteiger charge is 2.23. The number of hydrogen-bond donors (Lipinski definition) is 2. The molecule has 2 aromatic carbocycles. The monoisotopic (exact) mass is 412 g/mol. The summed E-state index contributed by atoms with van der Waals surface area (Å²) in [6, 6.07) is 12.0. The van der Waals surface area contributed by atoms with Crippen molar-refractivity contribution < 1.29 is 19.7 Å². The summed E-state index contributed by atoms with van der Waals surface area (Å²) in [7, 11) is 0. The molecule has 0 aliphatic carbocycles. The van der Waals surface area contributed by atoms with E-state index in [1.54, 1.807) is 6.07 Å². The van der Waals surface area contributed by atoms with Gasteiger partial charge < -0.3 is 14.9 Å². The summed E-state index contributed by atoms with van der Waals surface area (Å²) in [5, 5.41) is 19.6. The Balaban J connectivity index is 2.05. The number of benzene rings is 2. The van der Waals surface area contributed by atoms with E-state index in [9.17, 15) is 15.0 Å². The number of carboxylic acid groups (broad SMARTS) is 1. The quantitative estimate of drug-likeness (QED) is 0.471. The number of hydrogen-bond acceptors (Lipinski definition) is 3. The van der Waals surface area contributed by atoms with Crippen molar-refractivity contribution in [2.75, 3.05) is 6.61 Å². The fourth-order valence-corrected chi connectivity index (χ4v) is 3.82. The minimum absolute atomic E-state index is 0.309. The van der Waals surface area contributed by atoms with E-state index >= 15 is 0 Å². The summed E-state index contributed by atoms with van der Waals surface area (Å²) >= 11 is 0. The van der Waals surface area contributed by atoms with Crippen LogP contribution in [0.2, 0.25) is 0 Å². The lowest BCUT2D eigenvalue weighted by atomic mass is 9.89. The number of aliphatic hydroxyl groups is 1. The molecule has 0 radical (unpaired) electrons. The van der Waals surface area contributed by atoms with E-state index < -0.39 is 11.6 Å². The maximum absolute atomic E-state index is 11.2. The number of aromatic carboxylic acids is 1. The average molecular weight is 413 g/mol. The summed E-state index contributed by atoms with van der Waals surface area (Å²) in [5.74, 6) is 0.383. The van der Waals surface area contributed by atoms with E-state index in [2.05, 4.69) is 26.0 Å². The molecular weight excluding hydrogens is 376 g/mol. The van der Waals surface area contributed by atoms with Crippen molar-refractivity contribution >= 4 is 5.97 Å². The molecule has 4 nitrogen and oxygen atoms in total. The van der Waals surface area contributed by atoms with E-state index in [0.29, 0.717) is 30.9 Å². The Kier molecular flexibility index (Phi) is 8.48. The lowest BCUT2D eigenvalue weighted by molar-refractivity contribution is -0.0115. The Morgan fingerprint density at radius 1 is 1.03 bits per heavy atom. The van der Waals surface area contributed by atoms with Gasteiger partial charge in [-0.25, -0.2) is 4.79 Å². The first kappa shape index (κ1) is 23.9. The number of rotatable bonds is 11. The molecule has 0 heterocycles. The fourth-order valence-electron chi connectivity index (χ4n) is 3.82. The lowest BCUT2D eigenvalue weighted by Crippen LogP contribution is -2.34. The highest BCUT2D eigenvalue weighted by Crippen LogP contribution is 2.30. The van der Waals surface area contributed by atoms with Crippen LogP contribution in [0.3, 0.4) is 0 Å². The Labute approximate surface area is 180 Å². The number of carbonyl (C=O) groups is 1. The zero-order valence-corrected chi connectivity index (χ0v) is 19.0. The predicted molar refractivity (Wildman–Crippen MR) is 122 cm³/mol. The maximum atomic E-state index is 11.2. The first-order valence-electron chi connectivity index (χ1n) is 11.0. The minimum Gasteiger partial charge on any atom is -0.490 e. The summed E-state index contributed by atoms with van der Waals surface area (Å²) in [5.41, 5.74) is 3.96. The molecule has 0 aliphatic heterocycles. The Hall–Kier alpha value is -2.33. The number of aryl methyl sites for hydroxylation is 3. The summed E-state index contributed by atoms with van der Waals surface area (Å²) < 4.78 is 5.93. The second kappa shape index (κ2) is 10.6. The first-order valence-corrected chi connectivity index (χ1v) is 11.0. The third-order valence-corrected chi connectivity index (χ3v) is 6.28. The maximum Gasteiger partial charge on any atom is 0.335 e. The van der Waals surface area contributed by atoms with Crippen LogP contribution in [0.4, 0.5) is 0 Å². The topological polar surface area (TPSA) is 66.8 Å². The molecule has 0 saturated carbocycles. The largest absolute Gasteiger partial charge is 0.490 e.